The average Bonchev–Trinajstić information content (AvgIpc) is 2.37. The van der Waals surface area contributed by atoms with Gasteiger partial charge in [0.1, 0.15) is 6.61 Å². The molecular formula is C20H34O2. The number of hydrogen-bond acceptors (Lipinski definition) is 2. The molecule has 0 aromatic carbocycles. The fourth-order valence-corrected chi connectivity index (χ4v) is 1.81. The van der Waals surface area contributed by atoms with Crippen LogP contribution in [0.3, 0.4) is 0 Å². The number of carbonyl (C=O) groups is 1. The third kappa shape index (κ3) is 11.4. The molecule has 0 aliphatic carbocycles. The van der Waals surface area contributed by atoms with Gasteiger partial charge in [-0.25, -0.2) is 0 Å². The zero-order valence-electron chi connectivity index (χ0n) is 15.6. The fourth-order valence-electron chi connectivity index (χ4n) is 1.81. The third-order valence-corrected chi connectivity index (χ3v) is 3.38. The molecule has 0 spiro atoms. The van der Waals surface area contributed by atoms with Gasteiger partial charge < -0.3 is 4.74 Å². The predicted molar refractivity (Wildman–Crippen MR) is 95.8 cm³/mol. The molecule has 0 saturated heterocycles. The molecule has 0 atom stereocenters. The lowest BCUT2D eigenvalue weighted by Crippen LogP contribution is -2.22. The highest BCUT2D eigenvalue weighted by molar-refractivity contribution is 5.75. The Morgan fingerprint density at radius 3 is 1.86 bits per heavy atom. The molecule has 0 heterocycles. The molecule has 0 saturated carbocycles. The van der Waals surface area contributed by atoms with Crippen LogP contribution in [0.2, 0.25) is 0 Å². The molecule has 126 valence electrons. The molecule has 0 radical (unpaired) electrons. The van der Waals surface area contributed by atoms with Crippen molar-refractivity contribution in [3.63, 3.8) is 0 Å². The molecule has 0 bridgehead atoms. The lowest BCUT2D eigenvalue weighted by molar-refractivity contribution is -0.151. The van der Waals surface area contributed by atoms with Gasteiger partial charge in [-0.3, -0.25) is 4.79 Å². The summed E-state index contributed by atoms with van der Waals surface area (Å²) < 4.78 is 5.24. The van der Waals surface area contributed by atoms with E-state index < -0.39 is 5.41 Å². The molecule has 2 nitrogen and oxygen atoms in total. The summed E-state index contributed by atoms with van der Waals surface area (Å²) in [5.74, 6) is -0.147. The van der Waals surface area contributed by atoms with Gasteiger partial charge in [0.25, 0.3) is 0 Å². The van der Waals surface area contributed by atoms with Crippen molar-refractivity contribution in [1.29, 1.82) is 0 Å². The van der Waals surface area contributed by atoms with Crippen molar-refractivity contribution in [2.45, 2.75) is 74.1 Å². The van der Waals surface area contributed by atoms with E-state index in [1.165, 1.54) is 16.7 Å². The predicted octanol–water partition coefficient (Wildman–Crippen LogP) is 5.99. The minimum Gasteiger partial charge on any atom is -0.461 e. The maximum absolute atomic E-state index is 11.6. The van der Waals surface area contributed by atoms with Crippen LogP contribution in [-0.2, 0) is 9.53 Å². The van der Waals surface area contributed by atoms with Crippen LogP contribution >= 0.6 is 0 Å². The van der Waals surface area contributed by atoms with Crippen molar-refractivity contribution in [3.05, 3.63) is 34.9 Å². The molecule has 0 aliphatic heterocycles. The summed E-state index contributed by atoms with van der Waals surface area (Å²) in [6.07, 6.45) is 10.9. The van der Waals surface area contributed by atoms with Crippen molar-refractivity contribution >= 4 is 5.97 Å². The van der Waals surface area contributed by atoms with Crippen LogP contribution in [0.25, 0.3) is 0 Å². The summed E-state index contributed by atoms with van der Waals surface area (Å²) in [5.41, 5.74) is 3.68. The Balaban J connectivity index is 4.02. The summed E-state index contributed by atoms with van der Waals surface area (Å²) >= 11 is 0. The van der Waals surface area contributed by atoms with Gasteiger partial charge in [-0.05, 0) is 80.2 Å². The lowest BCUT2D eigenvalue weighted by Gasteiger charge is -2.15. The molecule has 0 amide bonds. The third-order valence-electron chi connectivity index (χ3n) is 3.38. The zero-order valence-corrected chi connectivity index (χ0v) is 15.6. The maximum atomic E-state index is 11.6. The van der Waals surface area contributed by atoms with Gasteiger partial charge in [-0.15, -0.1) is 0 Å². The summed E-state index contributed by atoms with van der Waals surface area (Å²) in [4.78, 5) is 11.6. The molecule has 0 aliphatic rings. The first-order valence-corrected chi connectivity index (χ1v) is 8.24. The van der Waals surface area contributed by atoms with E-state index in [1.807, 2.05) is 26.8 Å². The molecule has 0 rings (SSSR count). The standard InChI is InChI=1S/C20H34O2/c1-16(2)10-8-11-17(3)12-9-13-18(4)14-15-22-19(21)20(5,6)7/h10,12,14H,8-9,11,13,15H2,1-7H3/b17-12+,18-14+. The fraction of sp³-hybridized carbons (Fsp3) is 0.650. The SMILES string of the molecule is CC(C)=CCC/C(C)=C/CC/C(C)=C/COC(=O)C(C)(C)C. The summed E-state index contributed by atoms with van der Waals surface area (Å²) in [6.45, 7) is 14.6. The molecule has 0 N–H and O–H groups in total. The van der Waals surface area contributed by atoms with E-state index in [-0.39, 0.29) is 5.97 Å². The van der Waals surface area contributed by atoms with Crippen molar-refractivity contribution in [2.75, 3.05) is 6.61 Å². The average molecular weight is 306 g/mol. The van der Waals surface area contributed by atoms with Gasteiger partial charge in [0, 0.05) is 0 Å². The lowest BCUT2D eigenvalue weighted by atomic mass is 9.97. The Bertz CT molecular complexity index is 427. The van der Waals surface area contributed by atoms with Gasteiger partial charge in [0.05, 0.1) is 5.41 Å². The number of hydrogen-bond donors (Lipinski definition) is 0. The smallest absolute Gasteiger partial charge is 0.311 e. The molecule has 22 heavy (non-hydrogen) atoms. The summed E-state index contributed by atoms with van der Waals surface area (Å²) in [6, 6.07) is 0. The molecule has 0 unspecified atom stereocenters. The Hall–Kier alpha value is -1.31. The largest absolute Gasteiger partial charge is 0.461 e. The highest BCUT2D eigenvalue weighted by Gasteiger charge is 2.22. The van der Waals surface area contributed by atoms with E-state index in [0.717, 1.165) is 25.7 Å². The van der Waals surface area contributed by atoms with Crippen LogP contribution in [0.15, 0.2) is 34.9 Å². The van der Waals surface area contributed by atoms with E-state index in [4.69, 9.17) is 4.74 Å². The van der Waals surface area contributed by atoms with E-state index in [0.29, 0.717) is 6.61 Å². The van der Waals surface area contributed by atoms with Gasteiger partial charge in [-0.2, -0.15) is 0 Å². The highest BCUT2D eigenvalue weighted by atomic mass is 16.5. The number of rotatable bonds is 8. The first-order chi connectivity index (χ1) is 10.1. The van der Waals surface area contributed by atoms with Crippen molar-refractivity contribution in [1.82, 2.24) is 0 Å². The topological polar surface area (TPSA) is 26.3 Å². The first kappa shape index (κ1) is 20.7. The van der Waals surface area contributed by atoms with Crippen LogP contribution in [-0.4, -0.2) is 12.6 Å². The van der Waals surface area contributed by atoms with Gasteiger partial charge >= 0.3 is 5.97 Å². The first-order valence-electron chi connectivity index (χ1n) is 8.24. The zero-order chi connectivity index (χ0) is 17.2. The Kier molecular flexibility index (Phi) is 9.80. The number of ether oxygens (including phenoxy) is 1. The van der Waals surface area contributed by atoms with Gasteiger partial charge in [0.2, 0.25) is 0 Å². The van der Waals surface area contributed by atoms with Crippen LogP contribution < -0.4 is 0 Å². The molecule has 0 fully saturated rings. The molecule has 0 aromatic heterocycles. The van der Waals surface area contributed by atoms with Crippen LogP contribution in [0.5, 0.6) is 0 Å². The summed E-state index contributed by atoms with van der Waals surface area (Å²) in [7, 11) is 0. The van der Waals surface area contributed by atoms with E-state index in [1.54, 1.807) is 0 Å². The monoisotopic (exact) mass is 306 g/mol. The van der Waals surface area contributed by atoms with Crippen molar-refractivity contribution in [2.24, 2.45) is 5.41 Å². The minimum atomic E-state index is -0.424. The number of allylic oxidation sites excluding steroid dienone is 5. The van der Waals surface area contributed by atoms with Crippen molar-refractivity contribution in [3.8, 4) is 0 Å². The Labute approximate surface area is 137 Å². The van der Waals surface area contributed by atoms with Gasteiger partial charge in [0.15, 0.2) is 0 Å². The van der Waals surface area contributed by atoms with E-state index in [9.17, 15) is 4.79 Å². The van der Waals surface area contributed by atoms with Crippen LogP contribution in [0.1, 0.15) is 74.1 Å². The van der Waals surface area contributed by atoms with Crippen LogP contribution in [0, 0.1) is 5.41 Å². The number of carbonyl (C=O) groups excluding carboxylic acids is 1. The minimum absolute atomic E-state index is 0.147. The number of esters is 1. The summed E-state index contributed by atoms with van der Waals surface area (Å²) in [5, 5.41) is 0. The second-order valence-corrected chi connectivity index (χ2v) is 7.31. The second kappa shape index (κ2) is 10.4. The van der Waals surface area contributed by atoms with Gasteiger partial charge in [-0.1, -0.05) is 28.9 Å². The van der Waals surface area contributed by atoms with Crippen LogP contribution in [0.4, 0.5) is 0 Å². The second-order valence-electron chi connectivity index (χ2n) is 7.31. The molecule has 2 heteroatoms. The normalized spacial score (nSPS) is 13.0. The molecular weight excluding hydrogens is 272 g/mol. The van der Waals surface area contributed by atoms with E-state index >= 15 is 0 Å². The van der Waals surface area contributed by atoms with Crippen molar-refractivity contribution < 1.29 is 9.53 Å². The van der Waals surface area contributed by atoms with E-state index in [2.05, 4.69) is 39.8 Å². The maximum Gasteiger partial charge on any atom is 0.311 e. The highest BCUT2D eigenvalue weighted by Crippen LogP contribution is 2.15. The Morgan fingerprint density at radius 1 is 0.864 bits per heavy atom. The Morgan fingerprint density at radius 2 is 1.36 bits per heavy atom. The molecule has 0 aromatic rings. The quantitative estimate of drug-likeness (QED) is 0.406.